The van der Waals surface area contributed by atoms with Crippen LogP contribution in [-0.4, -0.2) is 23.9 Å². The lowest BCUT2D eigenvalue weighted by Crippen LogP contribution is -2.47. The van der Waals surface area contributed by atoms with Crippen LogP contribution in [0.1, 0.15) is 77.8 Å². The predicted molar refractivity (Wildman–Crippen MR) is 102 cm³/mol. The molecule has 2 unspecified atom stereocenters. The second kappa shape index (κ2) is 7.29. The minimum absolute atomic E-state index is 0.0807. The summed E-state index contributed by atoms with van der Waals surface area (Å²) in [7, 11) is 0. The number of hydrogen-bond donors (Lipinski definition) is 0. The molecule has 2 rings (SSSR count). The van der Waals surface area contributed by atoms with E-state index >= 15 is 0 Å². The SMILES string of the molecule is CC(C)C(=O)N1CCC(C(C)(C)C)C(c2ccccc2C(C)C)C1. The van der Waals surface area contributed by atoms with Crippen LogP contribution in [0.4, 0.5) is 0 Å². The molecule has 0 bridgehead atoms. The van der Waals surface area contributed by atoms with E-state index in [0.29, 0.717) is 23.7 Å². The molecule has 0 saturated carbocycles. The van der Waals surface area contributed by atoms with Crippen molar-refractivity contribution in [3.63, 3.8) is 0 Å². The van der Waals surface area contributed by atoms with Crippen LogP contribution >= 0.6 is 0 Å². The Bertz CT molecular complexity index is 568. The Morgan fingerprint density at radius 1 is 1.12 bits per heavy atom. The first-order valence-electron chi connectivity index (χ1n) is 9.50. The first kappa shape index (κ1) is 19.0. The van der Waals surface area contributed by atoms with Gasteiger partial charge < -0.3 is 4.90 Å². The summed E-state index contributed by atoms with van der Waals surface area (Å²) in [5.74, 6) is 1.93. The van der Waals surface area contributed by atoms with Gasteiger partial charge in [0.25, 0.3) is 0 Å². The molecule has 1 amide bonds. The minimum Gasteiger partial charge on any atom is -0.342 e. The molecule has 1 aliphatic heterocycles. The highest BCUT2D eigenvalue weighted by Crippen LogP contribution is 2.45. The van der Waals surface area contributed by atoms with Crippen molar-refractivity contribution in [2.45, 2.75) is 66.7 Å². The number of nitrogens with zero attached hydrogens (tertiary/aromatic N) is 1. The molecule has 2 heteroatoms. The van der Waals surface area contributed by atoms with Gasteiger partial charge in [-0.2, -0.15) is 0 Å². The van der Waals surface area contributed by atoms with Crippen molar-refractivity contribution in [3.05, 3.63) is 35.4 Å². The van der Waals surface area contributed by atoms with Crippen molar-refractivity contribution in [3.8, 4) is 0 Å². The second-order valence-electron chi connectivity index (χ2n) is 9.09. The summed E-state index contributed by atoms with van der Waals surface area (Å²) in [5.41, 5.74) is 3.14. The molecule has 1 aromatic carbocycles. The van der Waals surface area contributed by atoms with Gasteiger partial charge in [0.15, 0.2) is 0 Å². The van der Waals surface area contributed by atoms with Crippen molar-refractivity contribution in [2.24, 2.45) is 17.3 Å². The Balaban J connectivity index is 2.41. The number of hydrogen-bond acceptors (Lipinski definition) is 1. The topological polar surface area (TPSA) is 20.3 Å². The predicted octanol–water partition coefficient (Wildman–Crippen LogP) is 5.44. The van der Waals surface area contributed by atoms with Gasteiger partial charge in [-0.15, -0.1) is 0 Å². The average molecular weight is 330 g/mol. The number of likely N-dealkylation sites (tertiary alicyclic amines) is 1. The van der Waals surface area contributed by atoms with Gasteiger partial charge in [0.1, 0.15) is 0 Å². The lowest BCUT2D eigenvalue weighted by molar-refractivity contribution is -0.137. The van der Waals surface area contributed by atoms with E-state index in [1.807, 2.05) is 13.8 Å². The van der Waals surface area contributed by atoms with Crippen LogP contribution < -0.4 is 0 Å². The molecule has 1 fully saturated rings. The fraction of sp³-hybridized carbons (Fsp3) is 0.682. The van der Waals surface area contributed by atoms with E-state index in [1.54, 1.807) is 0 Å². The molecule has 1 heterocycles. The smallest absolute Gasteiger partial charge is 0.225 e. The summed E-state index contributed by atoms with van der Waals surface area (Å²) in [5, 5.41) is 0. The molecule has 0 spiro atoms. The maximum atomic E-state index is 12.6. The van der Waals surface area contributed by atoms with Crippen molar-refractivity contribution >= 4 is 5.91 Å². The Kier molecular flexibility index (Phi) is 5.78. The number of benzene rings is 1. The third-order valence-corrected chi connectivity index (χ3v) is 5.55. The van der Waals surface area contributed by atoms with Crippen LogP contribution in [0.5, 0.6) is 0 Å². The van der Waals surface area contributed by atoms with Gasteiger partial charge in [-0.3, -0.25) is 4.79 Å². The Morgan fingerprint density at radius 2 is 1.75 bits per heavy atom. The van der Waals surface area contributed by atoms with Crippen LogP contribution in [0.2, 0.25) is 0 Å². The van der Waals surface area contributed by atoms with Crippen LogP contribution in [-0.2, 0) is 4.79 Å². The highest BCUT2D eigenvalue weighted by Gasteiger charge is 2.39. The lowest BCUT2D eigenvalue weighted by Gasteiger charge is -2.46. The molecule has 0 radical (unpaired) electrons. The van der Waals surface area contributed by atoms with Crippen LogP contribution in [0.3, 0.4) is 0 Å². The lowest BCUT2D eigenvalue weighted by atomic mass is 9.66. The zero-order valence-electron chi connectivity index (χ0n) is 16.6. The third-order valence-electron chi connectivity index (χ3n) is 5.55. The average Bonchev–Trinajstić information content (AvgIpc) is 2.52. The maximum Gasteiger partial charge on any atom is 0.225 e. The van der Waals surface area contributed by atoms with E-state index < -0.39 is 0 Å². The fourth-order valence-corrected chi connectivity index (χ4v) is 4.24. The van der Waals surface area contributed by atoms with E-state index in [2.05, 4.69) is 63.8 Å². The van der Waals surface area contributed by atoms with E-state index in [1.165, 1.54) is 11.1 Å². The van der Waals surface area contributed by atoms with Gasteiger partial charge in [-0.1, -0.05) is 72.7 Å². The summed E-state index contributed by atoms with van der Waals surface area (Å²) >= 11 is 0. The Morgan fingerprint density at radius 3 is 2.29 bits per heavy atom. The number of carbonyl (C=O) groups is 1. The standard InChI is InChI=1S/C22H35NO/c1-15(2)17-10-8-9-11-18(17)19-14-23(21(24)16(3)4)13-12-20(19)22(5,6)7/h8-11,15-16,19-20H,12-14H2,1-7H3. The molecule has 0 aliphatic carbocycles. The molecule has 1 saturated heterocycles. The van der Waals surface area contributed by atoms with Gasteiger partial charge in [-0.25, -0.2) is 0 Å². The first-order valence-corrected chi connectivity index (χ1v) is 9.50. The maximum absolute atomic E-state index is 12.6. The Labute approximate surface area is 148 Å². The normalized spacial score (nSPS) is 22.3. The number of piperidine rings is 1. The number of carbonyl (C=O) groups excluding carboxylic acids is 1. The Hall–Kier alpha value is -1.31. The van der Waals surface area contributed by atoms with Crippen LogP contribution in [0, 0.1) is 17.3 Å². The summed E-state index contributed by atoms with van der Waals surface area (Å²) in [6, 6.07) is 8.86. The van der Waals surface area contributed by atoms with Gasteiger partial charge in [-0.05, 0) is 34.8 Å². The minimum atomic E-state index is 0.0807. The van der Waals surface area contributed by atoms with Crippen LogP contribution in [0.15, 0.2) is 24.3 Å². The zero-order valence-corrected chi connectivity index (χ0v) is 16.6. The van der Waals surface area contributed by atoms with Crippen molar-refractivity contribution in [1.82, 2.24) is 4.90 Å². The fourth-order valence-electron chi connectivity index (χ4n) is 4.24. The number of rotatable bonds is 3. The number of amides is 1. The van der Waals surface area contributed by atoms with E-state index in [0.717, 1.165) is 19.5 Å². The largest absolute Gasteiger partial charge is 0.342 e. The second-order valence-corrected chi connectivity index (χ2v) is 9.09. The van der Waals surface area contributed by atoms with E-state index in [-0.39, 0.29) is 11.3 Å². The molecule has 1 aromatic rings. The monoisotopic (exact) mass is 329 g/mol. The highest BCUT2D eigenvalue weighted by molar-refractivity contribution is 5.78. The molecule has 0 aromatic heterocycles. The zero-order chi connectivity index (χ0) is 18.1. The molecular weight excluding hydrogens is 294 g/mol. The summed E-state index contributed by atoms with van der Waals surface area (Å²) in [6.45, 7) is 17.4. The molecular formula is C22H35NO. The summed E-state index contributed by atoms with van der Waals surface area (Å²) in [4.78, 5) is 14.7. The van der Waals surface area contributed by atoms with Crippen molar-refractivity contribution in [1.29, 1.82) is 0 Å². The van der Waals surface area contributed by atoms with Gasteiger partial charge >= 0.3 is 0 Å². The molecule has 134 valence electrons. The van der Waals surface area contributed by atoms with Gasteiger partial charge in [0.2, 0.25) is 5.91 Å². The van der Waals surface area contributed by atoms with Crippen LogP contribution in [0.25, 0.3) is 0 Å². The molecule has 2 atom stereocenters. The molecule has 24 heavy (non-hydrogen) atoms. The highest BCUT2D eigenvalue weighted by atomic mass is 16.2. The van der Waals surface area contributed by atoms with Crippen molar-refractivity contribution < 1.29 is 4.79 Å². The summed E-state index contributed by atoms with van der Waals surface area (Å²) in [6.07, 6.45) is 1.10. The quantitative estimate of drug-likeness (QED) is 0.722. The summed E-state index contributed by atoms with van der Waals surface area (Å²) < 4.78 is 0. The molecule has 1 aliphatic rings. The van der Waals surface area contributed by atoms with Gasteiger partial charge in [0, 0.05) is 24.9 Å². The molecule has 0 N–H and O–H groups in total. The first-order chi connectivity index (χ1) is 11.1. The van der Waals surface area contributed by atoms with E-state index in [4.69, 9.17) is 0 Å². The third kappa shape index (κ3) is 4.02. The van der Waals surface area contributed by atoms with Crippen molar-refractivity contribution in [2.75, 3.05) is 13.1 Å². The van der Waals surface area contributed by atoms with E-state index in [9.17, 15) is 4.79 Å². The van der Waals surface area contributed by atoms with Gasteiger partial charge in [0.05, 0.1) is 0 Å². The molecule has 2 nitrogen and oxygen atoms in total.